The van der Waals surface area contributed by atoms with E-state index in [-0.39, 0.29) is 0 Å². The van der Waals surface area contributed by atoms with Gasteiger partial charge in [-0.2, -0.15) is 29.1 Å². The molecule has 0 spiro atoms. The summed E-state index contributed by atoms with van der Waals surface area (Å²) in [6.07, 6.45) is 32.5. The van der Waals surface area contributed by atoms with Crippen molar-refractivity contribution in [1.82, 2.24) is 136 Å². The summed E-state index contributed by atoms with van der Waals surface area (Å²) in [7, 11) is 3.31. The normalized spacial score (nSPS) is 10.7. The molecule has 31 nitrogen and oxygen atoms in total. The average molecular weight is 1600 g/mol. The first-order chi connectivity index (χ1) is 52.4. The molecule has 0 saturated heterocycles. The van der Waals surface area contributed by atoms with Crippen LogP contribution in [0.2, 0.25) is 5.15 Å². The van der Waals surface area contributed by atoms with Crippen molar-refractivity contribution in [2.75, 3.05) is 14.2 Å². The number of rotatable bonds is 18. The number of halogens is 1. The zero-order valence-corrected chi connectivity index (χ0v) is 74.9. The molecule has 34 heteroatoms. The molecule has 0 aromatic carbocycles. The van der Waals surface area contributed by atoms with Gasteiger partial charge in [0.2, 0.25) is 12.3 Å². The van der Waals surface area contributed by atoms with Crippen LogP contribution in [0.25, 0.3) is 0 Å². The van der Waals surface area contributed by atoms with Crippen molar-refractivity contribution in [3.8, 4) is 0 Å². The molecule has 0 fully saturated rings. The predicted octanol–water partition coefficient (Wildman–Crippen LogP) is 18.6. The van der Waals surface area contributed by atoms with Gasteiger partial charge < -0.3 is 36.7 Å². The van der Waals surface area contributed by atoms with Crippen LogP contribution in [0.5, 0.6) is 0 Å². The molecule has 12 rings (SSSR count). The van der Waals surface area contributed by atoms with Crippen molar-refractivity contribution in [2.45, 2.75) is 306 Å². The number of imidazole rings is 5. The van der Waals surface area contributed by atoms with E-state index < -0.39 is 0 Å². The molecular weight excluding hydrogens is 1460 g/mol. The van der Waals surface area contributed by atoms with Gasteiger partial charge in [0.1, 0.15) is 77.2 Å². The van der Waals surface area contributed by atoms with Crippen molar-refractivity contribution in [3.05, 3.63) is 174 Å². The summed E-state index contributed by atoms with van der Waals surface area (Å²) < 4.78 is 40.3. The van der Waals surface area contributed by atoms with Crippen LogP contribution in [-0.4, -0.2) is 150 Å². The summed E-state index contributed by atoms with van der Waals surface area (Å²) in [6, 6.07) is 4.13. The van der Waals surface area contributed by atoms with Crippen LogP contribution >= 0.6 is 34.7 Å². The van der Waals surface area contributed by atoms with Crippen LogP contribution in [-0.2, 0) is 35.5 Å². The first-order valence-electron chi connectivity index (χ1n) is 37.9. The third kappa shape index (κ3) is 42.3. The zero-order valence-electron chi connectivity index (χ0n) is 72.5. The van der Waals surface area contributed by atoms with E-state index in [2.05, 4.69) is 285 Å². The lowest BCUT2D eigenvalue weighted by Gasteiger charge is -2.06. The molecule has 0 amide bonds. The minimum absolute atomic E-state index is 0.345. The Labute approximate surface area is 674 Å². The maximum absolute atomic E-state index is 5.90. The number of ether oxygens (including phenoxy) is 2. The molecular formula is C77H133ClN28O3S2. The van der Waals surface area contributed by atoms with Crippen molar-refractivity contribution >= 4 is 34.7 Å². The summed E-state index contributed by atoms with van der Waals surface area (Å²) in [5.74, 6) is 5.49. The van der Waals surface area contributed by atoms with Crippen LogP contribution in [0.4, 0.5) is 0 Å². The van der Waals surface area contributed by atoms with Gasteiger partial charge in [-0.1, -0.05) is 67.0 Å². The fraction of sp³-hybridized carbons (Fsp3) is 0.623. The highest BCUT2D eigenvalue weighted by Gasteiger charge is 2.09. The average Bonchev–Trinajstić information content (AvgIpc) is 1.67. The fourth-order valence-corrected chi connectivity index (χ4v) is 9.26. The predicted molar refractivity (Wildman–Crippen MR) is 445 cm³/mol. The Morgan fingerprint density at radius 2 is 0.964 bits per heavy atom. The monoisotopic (exact) mass is 1600 g/mol. The molecule has 0 aliphatic carbocycles. The van der Waals surface area contributed by atoms with E-state index in [1.54, 1.807) is 69.4 Å². The van der Waals surface area contributed by atoms with Crippen molar-refractivity contribution in [2.24, 2.45) is 0 Å². The van der Waals surface area contributed by atoms with E-state index in [9.17, 15) is 0 Å². The Kier molecular flexibility index (Phi) is 50.0. The molecule has 12 aromatic rings. The van der Waals surface area contributed by atoms with Crippen LogP contribution < -0.4 is 0 Å². The van der Waals surface area contributed by atoms with E-state index in [0.29, 0.717) is 91.2 Å². The number of hydrogen-bond donors (Lipinski definition) is 0. The van der Waals surface area contributed by atoms with Crippen molar-refractivity contribution in [1.29, 1.82) is 0 Å². The van der Waals surface area contributed by atoms with Crippen LogP contribution in [0.3, 0.4) is 0 Å². The van der Waals surface area contributed by atoms with Gasteiger partial charge in [-0.15, -0.1) is 10.2 Å². The summed E-state index contributed by atoms with van der Waals surface area (Å²) in [5.41, 5.74) is 4.15. The second kappa shape index (κ2) is 55.5. The van der Waals surface area contributed by atoms with Crippen molar-refractivity contribution < 1.29 is 13.9 Å². The number of methoxy groups -OCH3 is 2. The van der Waals surface area contributed by atoms with Gasteiger partial charge in [0.15, 0.2) is 5.82 Å². The third-order valence-corrected chi connectivity index (χ3v) is 17.3. The largest absolute Gasteiger partial charge is 0.428 e. The van der Waals surface area contributed by atoms with Crippen LogP contribution in [0.15, 0.2) is 111 Å². The first-order valence-corrected chi connectivity index (χ1v) is 39.9. The molecule has 0 bridgehead atoms. The van der Waals surface area contributed by atoms with Gasteiger partial charge in [0.05, 0.1) is 61.0 Å². The van der Waals surface area contributed by atoms with Crippen LogP contribution in [0.1, 0.15) is 314 Å². The van der Waals surface area contributed by atoms with Gasteiger partial charge in [-0.25, -0.2) is 54.8 Å². The van der Waals surface area contributed by atoms with E-state index in [1.807, 2.05) is 104 Å². The molecule has 0 unspecified atom stereocenters. The molecule has 0 aliphatic heterocycles. The van der Waals surface area contributed by atoms with E-state index in [1.165, 1.54) is 35.2 Å². The lowest BCUT2D eigenvalue weighted by Crippen LogP contribution is -2.01. The molecule has 0 radical (unpaired) electrons. The summed E-state index contributed by atoms with van der Waals surface area (Å²) in [5, 5.41) is 26.7. The number of aryl methyl sites for hydroxylation is 6. The molecule has 0 aliphatic rings. The molecule has 0 N–H and O–H groups in total. The van der Waals surface area contributed by atoms with Gasteiger partial charge in [0.25, 0.3) is 0 Å². The fourth-order valence-electron chi connectivity index (χ4n) is 7.81. The minimum atomic E-state index is 0.345. The molecule has 0 atom stereocenters. The van der Waals surface area contributed by atoms with Crippen molar-refractivity contribution in [3.63, 3.8) is 0 Å². The summed E-state index contributed by atoms with van der Waals surface area (Å²) >= 11 is 8.87. The highest BCUT2D eigenvalue weighted by Crippen LogP contribution is 2.19. The maximum atomic E-state index is 5.90. The van der Waals surface area contributed by atoms with E-state index in [4.69, 9.17) is 25.5 Å². The molecule has 12 heterocycles. The summed E-state index contributed by atoms with van der Waals surface area (Å²) in [6.45, 7) is 63.3. The third-order valence-electron chi connectivity index (χ3n) is 14.7. The Morgan fingerprint density at radius 1 is 0.441 bits per heavy atom. The number of hydrogen-bond acceptors (Lipinski definition) is 24. The standard InChI is InChI=1S/C8H14N2O.C8H14N2.C7H11ClN2.C7H13N3O.C7H13N3.C7H12N2.C6H11N3.C6H10N2S.C6H10N2.C5H9N3.C5H8N2O.C5H8N2S/c1-7(2)10-4-8(5-11-3)9-6-10;1-4-8-5-10(6-9-8)7(2)3;1-5(2)10-4-9-6(3)7(10)8;1-6(2)10-5-8-7(9-10)4-11-3;1-4-7-8-5-10(9-7)6(2)3;1-6(2)9-4-7(3)8-5-9;1-5(2)9-4-7-6(3)8-9;1-4(2)6-7-5(3)8-9-6;1-6(2)8-4-3-7-5-8;1-5(2)8-4-6-3-7-8;1-4(2)5-7-6-3-8-5;1-4(2)5-6-3-7-8-5/h4,6-7H,5H2,1-3H3;5-7H,4H2,1-3H3;4-5H,1-3H3;5-6H,4H2,1-3H3;5-6H,4H2,1-3H3;4-6H,1-3H3;4-5H,1-3H3;4H,1-3H3;3-6H,1-2H3;3-5H,1-2H3;2*3-4H,1-2H3. The Bertz CT molecular complexity index is 3760. The molecule has 0 saturated carbocycles. The molecule has 618 valence electrons. The second-order valence-electron chi connectivity index (χ2n) is 28.7. The minimum Gasteiger partial charge on any atom is -0.428 e. The number of aromatic nitrogens is 28. The van der Waals surface area contributed by atoms with E-state index in [0.717, 1.165) is 68.4 Å². The van der Waals surface area contributed by atoms with E-state index >= 15 is 0 Å². The smallest absolute Gasteiger partial charge is 0.218 e. The highest BCUT2D eigenvalue weighted by atomic mass is 35.5. The highest BCUT2D eigenvalue weighted by molar-refractivity contribution is 7.05. The topological polar surface area (TPSA) is 321 Å². The van der Waals surface area contributed by atoms with Gasteiger partial charge in [-0.3, -0.25) is 18.7 Å². The first kappa shape index (κ1) is 100. The van der Waals surface area contributed by atoms with Gasteiger partial charge in [-0.05, 0) is 182 Å². The second-order valence-corrected chi connectivity index (χ2v) is 30.6. The zero-order chi connectivity index (χ0) is 83.9. The Morgan fingerprint density at radius 3 is 1.23 bits per heavy atom. The molecule has 12 aromatic heterocycles. The van der Waals surface area contributed by atoms with Gasteiger partial charge in [0, 0.05) is 124 Å². The summed E-state index contributed by atoms with van der Waals surface area (Å²) in [4.78, 5) is 44.6. The lowest BCUT2D eigenvalue weighted by molar-refractivity contribution is 0.177. The Balaban J connectivity index is 0.000000606. The quantitative estimate of drug-likeness (QED) is 0.0770. The SMILES string of the molecule is CC(C)c1ncns1.CC(C)c1nnco1.CC(C)n1ccnc1.CC(C)n1cncn1.CCc1cn(C(C)C)cn1.CCc1ncn(C(C)C)n1.COCc1cn(C(C)C)cn1.COCc1ncn(C(C)C)n1.Cc1cn(C(C)C)cn1.Cc1ncn(C(C)C)c1Cl.Cc1ncn(C(C)C)n1.Cc1nsc(C(C)C)n1. The lowest BCUT2D eigenvalue weighted by atomic mass is 10.2. The maximum Gasteiger partial charge on any atom is 0.218 e. The number of nitrogens with zero attached hydrogens (tertiary/aromatic N) is 28. The molecule has 111 heavy (non-hydrogen) atoms. The van der Waals surface area contributed by atoms with Gasteiger partial charge >= 0.3 is 0 Å². The Hall–Kier alpha value is -8.92. The van der Waals surface area contributed by atoms with Crippen LogP contribution in [0, 0.1) is 27.7 Å².